The van der Waals surface area contributed by atoms with Crippen LogP contribution in [0, 0.1) is 6.92 Å². The third-order valence-electron chi connectivity index (χ3n) is 2.72. The van der Waals surface area contributed by atoms with E-state index < -0.39 is 5.97 Å². The van der Waals surface area contributed by atoms with Crippen LogP contribution in [0.2, 0.25) is 0 Å². The normalized spacial score (nSPS) is 10.6. The molecule has 0 unspecified atom stereocenters. The molecule has 2 rings (SSSR count). The molecule has 0 aliphatic rings. The number of aryl methyl sites for hydroxylation is 1. The number of esters is 1. The summed E-state index contributed by atoms with van der Waals surface area (Å²) in [7, 11) is 1.59. The van der Waals surface area contributed by atoms with Gasteiger partial charge in [-0.05, 0) is 53.2 Å². The topological polar surface area (TPSA) is 48.4 Å². The van der Waals surface area contributed by atoms with E-state index in [4.69, 9.17) is 9.47 Å². The Hall–Kier alpha value is -2.14. The highest BCUT2D eigenvalue weighted by Gasteiger charge is 2.06. The highest BCUT2D eigenvalue weighted by molar-refractivity contribution is 9.10. The summed E-state index contributed by atoms with van der Waals surface area (Å²) in [4.78, 5) is 15.8. The molecule has 108 valence electrons. The molecule has 0 atom stereocenters. The summed E-state index contributed by atoms with van der Waals surface area (Å²) >= 11 is 3.22. The molecule has 0 saturated carbocycles. The molecule has 0 bridgehead atoms. The van der Waals surface area contributed by atoms with Gasteiger partial charge in [0.25, 0.3) is 0 Å². The zero-order chi connectivity index (χ0) is 15.2. The van der Waals surface area contributed by atoms with Crippen molar-refractivity contribution < 1.29 is 14.3 Å². The number of halogens is 1. The van der Waals surface area contributed by atoms with Crippen LogP contribution in [0.4, 0.5) is 0 Å². The lowest BCUT2D eigenvalue weighted by atomic mass is 10.1. The fraction of sp³-hybridized carbons (Fsp3) is 0.125. The van der Waals surface area contributed by atoms with E-state index in [-0.39, 0.29) is 0 Å². The van der Waals surface area contributed by atoms with Gasteiger partial charge in [0.05, 0.1) is 7.11 Å². The molecule has 1 heterocycles. The fourth-order valence-corrected chi connectivity index (χ4v) is 2.06. The van der Waals surface area contributed by atoms with E-state index in [9.17, 15) is 4.79 Å². The van der Waals surface area contributed by atoms with Gasteiger partial charge in [-0.1, -0.05) is 11.6 Å². The smallest absolute Gasteiger partial charge is 0.336 e. The van der Waals surface area contributed by atoms with Gasteiger partial charge in [-0.3, -0.25) is 0 Å². The highest BCUT2D eigenvalue weighted by atomic mass is 79.9. The van der Waals surface area contributed by atoms with Gasteiger partial charge in [-0.25, -0.2) is 9.78 Å². The van der Waals surface area contributed by atoms with Crippen molar-refractivity contribution in [3.8, 4) is 11.5 Å². The Morgan fingerprint density at radius 2 is 2.10 bits per heavy atom. The van der Waals surface area contributed by atoms with Crippen molar-refractivity contribution in [1.29, 1.82) is 0 Å². The second kappa shape index (κ2) is 7.04. The number of carbonyl (C=O) groups is 1. The van der Waals surface area contributed by atoms with Crippen LogP contribution in [0.25, 0.3) is 6.08 Å². The number of hydrogen-bond donors (Lipinski definition) is 0. The zero-order valence-corrected chi connectivity index (χ0v) is 13.3. The first-order valence-electron chi connectivity index (χ1n) is 6.25. The van der Waals surface area contributed by atoms with Crippen molar-refractivity contribution in [2.45, 2.75) is 6.92 Å². The zero-order valence-electron chi connectivity index (χ0n) is 11.7. The van der Waals surface area contributed by atoms with Gasteiger partial charge in [0, 0.05) is 17.8 Å². The lowest BCUT2D eigenvalue weighted by molar-refractivity contribution is -0.128. The van der Waals surface area contributed by atoms with Crippen LogP contribution in [0.15, 0.2) is 47.2 Å². The Bertz CT molecular complexity index is 683. The fourth-order valence-electron chi connectivity index (χ4n) is 1.73. The number of aromatic nitrogens is 1. The third kappa shape index (κ3) is 4.16. The first-order valence-corrected chi connectivity index (χ1v) is 7.04. The number of benzene rings is 1. The van der Waals surface area contributed by atoms with Crippen molar-refractivity contribution in [1.82, 2.24) is 4.98 Å². The first kappa shape index (κ1) is 15.3. The summed E-state index contributed by atoms with van der Waals surface area (Å²) in [5.41, 5.74) is 1.90. The Morgan fingerprint density at radius 3 is 2.81 bits per heavy atom. The molecule has 0 spiro atoms. The van der Waals surface area contributed by atoms with Crippen molar-refractivity contribution in [3.05, 3.63) is 58.3 Å². The molecule has 1 aromatic heterocycles. The summed E-state index contributed by atoms with van der Waals surface area (Å²) in [6.07, 6.45) is 4.63. The van der Waals surface area contributed by atoms with Gasteiger partial charge in [0.1, 0.15) is 10.4 Å². The van der Waals surface area contributed by atoms with Crippen molar-refractivity contribution in [2.75, 3.05) is 7.11 Å². The van der Waals surface area contributed by atoms with Crippen molar-refractivity contribution in [2.24, 2.45) is 0 Å². The molecule has 4 nitrogen and oxygen atoms in total. The van der Waals surface area contributed by atoms with Crippen molar-refractivity contribution >= 4 is 28.0 Å². The Morgan fingerprint density at radius 1 is 1.29 bits per heavy atom. The Kier molecular flexibility index (Phi) is 5.11. The second-order valence-corrected chi connectivity index (χ2v) is 5.04. The maximum absolute atomic E-state index is 11.8. The summed E-state index contributed by atoms with van der Waals surface area (Å²) in [5, 5.41) is 0. The van der Waals surface area contributed by atoms with E-state index in [1.54, 1.807) is 31.5 Å². The molecule has 5 heteroatoms. The van der Waals surface area contributed by atoms with Crippen LogP contribution in [-0.2, 0) is 4.79 Å². The largest absolute Gasteiger partial charge is 0.496 e. The monoisotopic (exact) mass is 347 g/mol. The van der Waals surface area contributed by atoms with E-state index in [0.29, 0.717) is 16.1 Å². The summed E-state index contributed by atoms with van der Waals surface area (Å²) < 4.78 is 10.9. The minimum Gasteiger partial charge on any atom is -0.496 e. The summed E-state index contributed by atoms with van der Waals surface area (Å²) in [5.74, 6) is 0.600. The molecule has 0 saturated heterocycles. The minimum atomic E-state index is -0.479. The van der Waals surface area contributed by atoms with Gasteiger partial charge in [-0.2, -0.15) is 0 Å². The summed E-state index contributed by atoms with van der Waals surface area (Å²) in [6, 6.07) is 9.10. The molecule has 1 aromatic carbocycles. The quantitative estimate of drug-likeness (QED) is 0.479. The average Bonchev–Trinajstić information content (AvgIpc) is 2.48. The van der Waals surface area contributed by atoms with Crippen LogP contribution in [0.3, 0.4) is 0 Å². The lowest BCUT2D eigenvalue weighted by Crippen LogP contribution is -2.04. The maximum atomic E-state index is 11.8. The van der Waals surface area contributed by atoms with Crippen LogP contribution in [0.1, 0.15) is 11.1 Å². The van der Waals surface area contributed by atoms with Crippen LogP contribution < -0.4 is 9.47 Å². The molecular formula is C16H14BrNO3. The van der Waals surface area contributed by atoms with Gasteiger partial charge in [-0.15, -0.1) is 0 Å². The maximum Gasteiger partial charge on any atom is 0.336 e. The molecule has 0 amide bonds. The van der Waals surface area contributed by atoms with Crippen LogP contribution in [-0.4, -0.2) is 18.1 Å². The molecule has 0 aliphatic heterocycles. The van der Waals surface area contributed by atoms with Crippen molar-refractivity contribution in [3.63, 3.8) is 0 Å². The van der Waals surface area contributed by atoms with Gasteiger partial charge in [0.2, 0.25) is 0 Å². The van der Waals surface area contributed by atoms with E-state index in [2.05, 4.69) is 20.9 Å². The number of carbonyl (C=O) groups excluding carboxylic acids is 1. The molecule has 0 aliphatic carbocycles. The average molecular weight is 348 g/mol. The number of pyridine rings is 1. The summed E-state index contributed by atoms with van der Waals surface area (Å²) in [6.45, 7) is 1.97. The molecular weight excluding hydrogens is 334 g/mol. The second-order valence-electron chi connectivity index (χ2n) is 4.29. The minimum absolute atomic E-state index is 0.378. The molecule has 2 aromatic rings. The van der Waals surface area contributed by atoms with E-state index in [1.165, 1.54) is 6.08 Å². The number of methoxy groups -OCH3 is 1. The predicted molar refractivity (Wildman–Crippen MR) is 84.3 cm³/mol. The van der Waals surface area contributed by atoms with Crippen LogP contribution >= 0.6 is 15.9 Å². The van der Waals surface area contributed by atoms with Gasteiger partial charge < -0.3 is 9.47 Å². The van der Waals surface area contributed by atoms with E-state index in [0.717, 1.165) is 11.1 Å². The predicted octanol–water partition coefficient (Wildman–Crippen LogP) is 3.78. The van der Waals surface area contributed by atoms with E-state index in [1.807, 2.05) is 25.1 Å². The van der Waals surface area contributed by atoms with Gasteiger partial charge >= 0.3 is 5.97 Å². The molecule has 0 N–H and O–H groups in total. The molecule has 21 heavy (non-hydrogen) atoms. The first-order chi connectivity index (χ1) is 10.1. The third-order valence-corrected chi connectivity index (χ3v) is 3.32. The number of ether oxygens (including phenoxy) is 2. The van der Waals surface area contributed by atoms with Gasteiger partial charge in [0.15, 0.2) is 5.75 Å². The molecule has 0 fully saturated rings. The van der Waals surface area contributed by atoms with Crippen LogP contribution in [0.5, 0.6) is 11.5 Å². The Labute approximate surface area is 131 Å². The Balaban J connectivity index is 2.12. The lowest BCUT2D eigenvalue weighted by Gasteiger charge is -2.06. The number of rotatable bonds is 4. The standard InChI is InChI=1S/C16H14BrNO3/c1-11-5-7-13(20-2)12(10-11)6-8-15(19)21-14-4-3-9-18-16(14)17/h3-10H,1-2H3. The SMILES string of the molecule is COc1ccc(C)cc1C=CC(=O)Oc1cccnc1Br. The molecule has 0 radical (unpaired) electrons. The number of hydrogen-bond acceptors (Lipinski definition) is 4. The van der Waals surface area contributed by atoms with E-state index >= 15 is 0 Å². The number of nitrogens with zero attached hydrogens (tertiary/aromatic N) is 1. The highest BCUT2D eigenvalue weighted by Crippen LogP contribution is 2.23.